The van der Waals surface area contributed by atoms with Crippen molar-refractivity contribution in [2.45, 2.75) is 20.3 Å². The summed E-state index contributed by atoms with van der Waals surface area (Å²) in [5.41, 5.74) is 1.99. The molecule has 17 nitrogen and oxygen atoms in total. The van der Waals surface area contributed by atoms with E-state index in [2.05, 4.69) is 41.3 Å². The van der Waals surface area contributed by atoms with Gasteiger partial charge in [-0.05, 0) is 112 Å². The van der Waals surface area contributed by atoms with Gasteiger partial charge in [0.25, 0.3) is 0 Å². The summed E-state index contributed by atoms with van der Waals surface area (Å²) >= 11 is 0. The first-order chi connectivity index (χ1) is 21.7. The van der Waals surface area contributed by atoms with Crippen LogP contribution in [0.2, 0.25) is 0 Å². The van der Waals surface area contributed by atoms with E-state index in [1.165, 1.54) is 46.3 Å². The topological polar surface area (TPSA) is 224 Å². The van der Waals surface area contributed by atoms with Crippen molar-refractivity contribution in [1.82, 2.24) is 44.3 Å². The van der Waals surface area contributed by atoms with Gasteiger partial charge in [-0.15, -0.1) is 19.8 Å². The number of allylic oxidation sites excluding steroid dienone is 4. The molecule has 4 aromatic rings. The standard InChI is InChI=1S/C27H27N11O6S2/c1-17-30-32-34-36(17)28-15-19-8-10-25(39)23(12-19)27(21-6-5-7-22(14-21)38(45(3,41)42)46(4,43)44)24-13-20(9-11-26(24)40)16-29-37-18(2)31-33-35-37/h5,7-16,39-40H,6H2,1-4H3. The second-order valence-electron chi connectivity index (χ2n) is 10.1. The molecule has 2 heterocycles. The summed E-state index contributed by atoms with van der Waals surface area (Å²) < 4.78 is 50.7. The molecule has 0 bridgehead atoms. The summed E-state index contributed by atoms with van der Waals surface area (Å²) in [6, 6.07) is 9.24. The number of benzene rings is 2. The smallest absolute Gasteiger partial charge is 0.245 e. The molecule has 0 fully saturated rings. The Kier molecular flexibility index (Phi) is 8.62. The Morgan fingerprint density at radius 2 is 1.30 bits per heavy atom. The lowest BCUT2D eigenvalue weighted by Crippen LogP contribution is -2.34. The Balaban J connectivity index is 1.74. The zero-order chi connectivity index (χ0) is 33.2. The predicted octanol–water partition coefficient (Wildman–Crippen LogP) is 1.32. The van der Waals surface area contributed by atoms with Crippen LogP contribution in [0.15, 0.2) is 76.1 Å². The van der Waals surface area contributed by atoms with Crippen LogP contribution in [-0.4, -0.2) is 96.3 Å². The Hall–Kier alpha value is -5.56. The first kappa shape index (κ1) is 31.9. The second-order valence-corrected chi connectivity index (χ2v) is 14.0. The third-order valence-corrected chi connectivity index (χ3v) is 9.75. The molecule has 0 atom stereocenters. The van der Waals surface area contributed by atoms with E-state index < -0.39 is 20.0 Å². The van der Waals surface area contributed by atoms with Crippen LogP contribution in [0.4, 0.5) is 0 Å². The Bertz CT molecular complexity index is 2060. The fourth-order valence-corrected chi connectivity index (χ4v) is 7.54. The molecule has 1 aliphatic rings. The molecule has 0 saturated carbocycles. The van der Waals surface area contributed by atoms with Crippen LogP contribution in [0.5, 0.6) is 11.5 Å². The summed E-state index contributed by atoms with van der Waals surface area (Å²) in [6.45, 7) is 3.33. The number of hydrogen-bond donors (Lipinski definition) is 2. The molecular weight excluding hydrogens is 639 g/mol. The van der Waals surface area contributed by atoms with E-state index in [0.717, 1.165) is 12.5 Å². The van der Waals surface area contributed by atoms with Crippen molar-refractivity contribution < 1.29 is 27.0 Å². The number of aromatic hydroxyl groups is 2. The monoisotopic (exact) mass is 665 g/mol. The number of phenolic OH excluding ortho intramolecular Hbond substituents is 2. The fraction of sp³-hybridized carbons (Fsp3) is 0.185. The lowest BCUT2D eigenvalue weighted by molar-refractivity contribution is 0.471. The molecule has 0 aliphatic heterocycles. The van der Waals surface area contributed by atoms with E-state index in [9.17, 15) is 27.0 Å². The van der Waals surface area contributed by atoms with E-state index in [0.29, 0.717) is 32.1 Å². The van der Waals surface area contributed by atoms with Gasteiger partial charge in [-0.25, -0.2) is 16.8 Å². The number of hydrogen-bond acceptors (Lipinski definition) is 14. The molecule has 5 rings (SSSR count). The summed E-state index contributed by atoms with van der Waals surface area (Å²) in [5, 5.41) is 53.0. The van der Waals surface area contributed by atoms with Gasteiger partial charge >= 0.3 is 0 Å². The number of aromatic nitrogens is 8. The normalized spacial score (nSPS) is 13.9. The molecule has 0 amide bonds. The van der Waals surface area contributed by atoms with Gasteiger partial charge in [0.2, 0.25) is 20.0 Å². The molecule has 0 radical (unpaired) electrons. The number of rotatable bonds is 9. The van der Waals surface area contributed by atoms with Crippen molar-refractivity contribution in [3.63, 3.8) is 0 Å². The van der Waals surface area contributed by atoms with Crippen molar-refractivity contribution in [3.05, 3.63) is 99.8 Å². The highest BCUT2D eigenvalue weighted by atomic mass is 32.3. The highest BCUT2D eigenvalue weighted by Gasteiger charge is 2.30. The highest BCUT2D eigenvalue weighted by molar-refractivity contribution is 8.03. The average Bonchev–Trinajstić information content (AvgIpc) is 3.59. The largest absolute Gasteiger partial charge is 0.507 e. The average molecular weight is 666 g/mol. The van der Waals surface area contributed by atoms with Gasteiger partial charge in [-0.3, -0.25) is 0 Å². The van der Waals surface area contributed by atoms with E-state index in [1.807, 2.05) is 0 Å². The Morgan fingerprint density at radius 1 is 0.826 bits per heavy atom. The minimum absolute atomic E-state index is 0.151. The van der Waals surface area contributed by atoms with Gasteiger partial charge in [-0.2, -0.15) is 13.9 Å². The third-order valence-electron chi connectivity index (χ3n) is 6.50. The van der Waals surface area contributed by atoms with Crippen LogP contribution < -0.4 is 0 Å². The molecule has 19 heteroatoms. The number of nitrogens with zero attached hydrogens (tertiary/aromatic N) is 11. The van der Waals surface area contributed by atoms with Crippen LogP contribution in [0.3, 0.4) is 0 Å². The lowest BCUT2D eigenvalue weighted by atomic mass is 9.87. The van der Waals surface area contributed by atoms with Gasteiger partial charge in [0.05, 0.1) is 30.6 Å². The minimum atomic E-state index is -4.26. The molecule has 238 valence electrons. The van der Waals surface area contributed by atoms with E-state index >= 15 is 0 Å². The van der Waals surface area contributed by atoms with Crippen molar-refractivity contribution >= 4 is 38.0 Å². The summed E-state index contributed by atoms with van der Waals surface area (Å²) in [7, 11) is -8.53. The zero-order valence-corrected chi connectivity index (χ0v) is 26.5. The second kappa shape index (κ2) is 12.4. The summed E-state index contributed by atoms with van der Waals surface area (Å²) in [6.07, 6.45) is 9.01. The van der Waals surface area contributed by atoms with Crippen LogP contribution in [0.1, 0.15) is 40.3 Å². The molecule has 0 unspecified atom stereocenters. The van der Waals surface area contributed by atoms with Crippen LogP contribution in [-0.2, 0) is 20.0 Å². The van der Waals surface area contributed by atoms with Crippen molar-refractivity contribution in [1.29, 1.82) is 0 Å². The van der Waals surface area contributed by atoms with Gasteiger partial charge in [-0.1, -0.05) is 6.08 Å². The number of phenols is 2. The van der Waals surface area contributed by atoms with Crippen molar-refractivity contribution in [2.24, 2.45) is 10.2 Å². The number of aryl methyl sites for hydroxylation is 2. The van der Waals surface area contributed by atoms with Crippen molar-refractivity contribution in [2.75, 3.05) is 12.5 Å². The quantitative estimate of drug-likeness (QED) is 0.242. The van der Waals surface area contributed by atoms with Crippen LogP contribution in [0, 0.1) is 13.8 Å². The van der Waals surface area contributed by atoms with Crippen LogP contribution in [0.25, 0.3) is 5.57 Å². The van der Waals surface area contributed by atoms with E-state index in [1.54, 1.807) is 44.2 Å². The summed E-state index contributed by atoms with van der Waals surface area (Å²) in [4.78, 5) is 2.41. The summed E-state index contributed by atoms with van der Waals surface area (Å²) in [5.74, 6) is 0.500. The van der Waals surface area contributed by atoms with E-state index in [-0.39, 0.29) is 40.3 Å². The molecular formula is C27H27N11O6S2. The van der Waals surface area contributed by atoms with Gasteiger partial charge in [0.15, 0.2) is 11.6 Å². The molecule has 46 heavy (non-hydrogen) atoms. The SMILES string of the molecule is Cc1nnnn1N=Cc1ccc(O)c(C(=C2C=C(N(S(C)(=O)=O)S(C)(=O)=O)C=CC2)c2cc(C=Nn3nnnc3C)ccc2O)c1. The molecule has 2 aromatic carbocycles. The highest BCUT2D eigenvalue weighted by Crippen LogP contribution is 2.41. The molecule has 2 aromatic heterocycles. The Morgan fingerprint density at radius 3 is 1.72 bits per heavy atom. The van der Waals surface area contributed by atoms with Gasteiger partial charge in [0, 0.05) is 11.1 Å². The maximum absolute atomic E-state index is 12.6. The first-order valence-corrected chi connectivity index (χ1v) is 17.0. The maximum Gasteiger partial charge on any atom is 0.245 e. The molecule has 0 spiro atoms. The zero-order valence-electron chi connectivity index (χ0n) is 24.8. The number of sulfonamides is 2. The molecule has 2 N–H and O–H groups in total. The number of tetrazole rings is 2. The van der Waals surface area contributed by atoms with Gasteiger partial charge < -0.3 is 10.2 Å². The van der Waals surface area contributed by atoms with E-state index in [4.69, 9.17) is 0 Å². The minimum Gasteiger partial charge on any atom is -0.507 e. The maximum atomic E-state index is 12.6. The van der Waals surface area contributed by atoms with Crippen molar-refractivity contribution in [3.8, 4) is 11.5 Å². The van der Waals surface area contributed by atoms with Gasteiger partial charge in [0.1, 0.15) is 11.5 Å². The molecule has 1 aliphatic carbocycles. The molecule has 0 saturated heterocycles. The fourth-order valence-electron chi connectivity index (χ4n) is 4.58. The first-order valence-electron chi connectivity index (χ1n) is 13.3. The van der Waals surface area contributed by atoms with Crippen LogP contribution >= 0.6 is 0 Å². The predicted molar refractivity (Wildman–Crippen MR) is 167 cm³/mol. The third kappa shape index (κ3) is 6.89. The lowest BCUT2D eigenvalue weighted by Gasteiger charge is -2.24. The Labute approximate surface area is 263 Å².